The third kappa shape index (κ3) is 1.79. The summed E-state index contributed by atoms with van der Waals surface area (Å²) in [5.74, 6) is 0. The normalized spacial score (nSPS) is 30.9. The number of rotatable bonds is 3. The first kappa shape index (κ1) is 9.36. The van der Waals surface area contributed by atoms with Crippen molar-refractivity contribution in [3.05, 3.63) is 18.0 Å². The molecule has 15 heavy (non-hydrogen) atoms. The SMILES string of the molecule is c1n[nH]cc1CNC1CCN2CCCC12. The van der Waals surface area contributed by atoms with Gasteiger partial charge in [0.1, 0.15) is 0 Å². The van der Waals surface area contributed by atoms with Crippen LogP contribution in [0.5, 0.6) is 0 Å². The van der Waals surface area contributed by atoms with Crippen LogP contribution in [0.15, 0.2) is 12.4 Å². The molecule has 3 heterocycles. The fraction of sp³-hybridized carbons (Fsp3) is 0.727. The Morgan fingerprint density at radius 2 is 2.47 bits per heavy atom. The second-order valence-corrected chi connectivity index (χ2v) is 4.63. The molecule has 2 unspecified atom stereocenters. The standard InChI is InChI=1S/C11H18N4/c1-2-11-10(3-5-15(11)4-1)12-6-9-7-13-14-8-9/h7-8,10-12H,1-6H2,(H,13,14). The van der Waals surface area contributed by atoms with E-state index >= 15 is 0 Å². The van der Waals surface area contributed by atoms with Gasteiger partial charge in [0, 0.05) is 36.9 Å². The van der Waals surface area contributed by atoms with Crippen molar-refractivity contribution in [1.82, 2.24) is 20.4 Å². The van der Waals surface area contributed by atoms with E-state index in [-0.39, 0.29) is 0 Å². The molecule has 2 fully saturated rings. The van der Waals surface area contributed by atoms with Crippen LogP contribution in [0.4, 0.5) is 0 Å². The van der Waals surface area contributed by atoms with Crippen molar-refractivity contribution in [2.75, 3.05) is 13.1 Å². The number of fused-ring (bicyclic) bond motifs is 1. The van der Waals surface area contributed by atoms with Crippen LogP contribution in [0, 0.1) is 0 Å². The monoisotopic (exact) mass is 206 g/mol. The Balaban J connectivity index is 1.55. The van der Waals surface area contributed by atoms with Crippen molar-refractivity contribution >= 4 is 0 Å². The summed E-state index contributed by atoms with van der Waals surface area (Å²) in [6.07, 6.45) is 7.93. The van der Waals surface area contributed by atoms with E-state index in [0.29, 0.717) is 6.04 Å². The van der Waals surface area contributed by atoms with Gasteiger partial charge >= 0.3 is 0 Å². The van der Waals surface area contributed by atoms with Crippen LogP contribution in [0.1, 0.15) is 24.8 Å². The minimum absolute atomic E-state index is 0.697. The van der Waals surface area contributed by atoms with Crippen molar-refractivity contribution in [2.45, 2.75) is 37.9 Å². The molecule has 0 amide bonds. The first-order valence-corrected chi connectivity index (χ1v) is 5.88. The van der Waals surface area contributed by atoms with Gasteiger partial charge in [-0.15, -0.1) is 0 Å². The number of aromatic amines is 1. The third-order valence-electron chi connectivity index (χ3n) is 3.73. The maximum Gasteiger partial charge on any atom is 0.0532 e. The number of nitrogens with one attached hydrogen (secondary N) is 2. The topological polar surface area (TPSA) is 44.0 Å². The lowest BCUT2D eigenvalue weighted by molar-refractivity contribution is 0.298. The van der Waals surface area contributed by atoms with E-state index in [9.17, 15) is 0 Å². The number of hydrogen-bond donors (Lipinski definition) is 2. The molecular formula is C11H18N4. The summed E-state index contributed by atoms with van der Waals surface area (Å²) in [5.41, 5.74) is 1.26. The minimum Gasteiger partial charge on any atom is -0.308 e. The molecule has 2 saturated heterocycles. The van der Waals surface area contributed by atoms with Crippen LogP contribution in [-0.4, -0.2) is 40.3 Å². The Hall–Kier alpha value is -0.870. The summed E-state index contributed by atoms with van der Waals surface area (Å²) in [4.78, 5) is 2.63. The van der Waals surface area contributed by atoms with E-state index in [0.717, 1.165) is 12.6 Å². The summed E-state index contributed by atoms with van der Waals surface area (Å²) in [7, 11) is 0. The third-order valence-corrected chi connectivity index (χ3v) is 3.73. The van der Waals surface area contributed by atoms with Gasteiger partial charge in [0.2, 0.25) is 0 Å². The van der Waals surface area contributed by atoms with E-state index in [2.05, 4.69) is 20.4 Å². The number of aromatic nitrogens is 2. The molecule has 2 aliphatic heterocycles. The second kappa shape index (κ2) is 3.94. The highest BCUT2D eigenvalue weighted by Gasteiger charge is 2.36. The van der Waals surface area contributed by atoms with Crippen molar-refractivity contribution < 1.29 is 0 Å². The van der Waals surface area contributed by atoms with Crippen LogP contribution in [0.3, 0.4) is 0 Å². The Kier molecular flexibility index (Phi) is 2.46. The molecule has 2 aliphatic rings. The summed E-state index contributed by atoms with van der Waals surface area (Å²) >= 11 is 0. The Morgan fingerprint density at radius 3 is 3.33 bits per heavy atom. The number of hydrogen-bond acceptors (Lipinski definition) is 3. The largest absolute Gasteiger partial charge is 0.308 e. The molecular weight excluding hydrogens is 188 g/mol. The summed E-state index contributed by atoms with van der Waals surface area (Å²) < 4.78 is 0. The predicted octanol–water partition coefficient (Wildman–Crippen LogP) is 0.736. The number of H-pyrrole nitrogens is 1. The highest BCUT2D eigenvalue weighted by atomic mass is 15.2. The first-order valence-electron chi connectivity index (χ1n) is 5.88. The van der Waals surface area contributed by atoms with Crippen LogP contribution < -0.4 is 5.32 Å². The average Bonchev–Trinajstić information content (AvgIpc) is 2.93. The lowest BCUT2D eigenvalue weighted by atomic mass is 10.1. The van der Waals surface area contributed by atoms with Gasteiger partial charge in [-0.25, -0.2) is 0 Å². The fourth-order valence-electron chi connectivity index (χ4n) is 2.94. The van der Waals surface area contributed by atoms with E-state index in [1.54, 1.807) is 0 Å². The van der Waals surface area contributed by atoms with E-state index in [1.807, 2.05) is 12.4 Å². The van der Waals surface area contributed by atoms with Gasteiger partial charge in [0.15, 0.2) is 0 Å². The van der Waals surface area contributed by atoms with Gasteiger partial charge in [-0.3, -0.25) is 10.00 Å². The zero-order valence-corrected chi connectivity index (χ0v) is 8.95. The van der Waals surface area contributed by atoms with Gasteiger partial charge in [-0.05, 0) is 25.8 Å². The van der Waals surface area contributed by atoms with E-state index in [1.165, 1.54) is 37.9 Å². The van der Waals surface area contributed by atoms with Gasteiger partial charge in [0.25, 0.3) is 0 Å². The van der Waals surface area contributed by atoms with E-state index < -0.39 is 0 Å². The predicted molar refractivity (Wildman–Crippen MR) is 58.4 cm³/mol. The molecule has 82 valence electrons. The molecule has 2 N–H and O–H groups in total. The van der Waals surface area contributed by atoms with Crippen LogP contribution in [0.2, 0.25) is 0 Å². The van der Waals surface area contributed by atoms with Gasteiger partial charge < -0.3 is 5.32 Å². The summed E-state index contributed by atoms with van der Waals surface area (Å²) in [6, 6.07) is 1.50. The molecule has 4 heteroatoms. The molecule has 0 spiro atoms. The quantitative estimate of drug-likeness (QED) is 0.766. The van der Waals surface area contributed by atoms with Crippen molar-refractivity contribution in [2.24, 2.45) is 0 Å². The Morgan fingerprint density at radius 1 is 1.47 bits per heavy atom. The van der Waals surface area contributed by atoms with Crippen molar-refractivity contribution in [3.8, 4) is 0 Å². The molecule has 1 aromatic rings. The van der Waals surface area contributed by atoms with Crippen molar-refractivity contribution in [1.29, 1.82) is 0 Å². The zero-order chi connectivity index (χ0) is 10.1. The molecule has 0 aromatic carbocycles. The molecule has 0 bridgehead atoms. The highest BCUT2D eigenvalue weighted by Crippen LogP contribution is 2.27. The van der Waals surface area contributed by atoms with E-state index in [4.69, 9.17) is 0 Å². The lowest BCUT2D eigenvalue weighted by Crippen LogP contribution is -2.38. The van der Waals surface area contributed by atoms with Gasteiger partial charge in [-0.1, -0.05) is 0 Å². The molecule has 2 atom stereocenters. The fourth-order valence-corrected chi connectivity index (χ4v) is 2.94. The van der Waals surface area contributed by atoms with Crippen LogP contribution in [-0.2, 0) is 6.54 Å². The molecule has 4 nitrogen and oxygen atoms in total. The first-order chi connectivity index (χ1) is 7.43. The lowest BCUT2D eigenvalue weighted by Gasteiger charge is -2.20. The summed E-state index contributed by atoms with van der Waals surface area (Å²) in [5, 5.41) is 10.5. The summed E-state index contributed by atoms with van der Waals surface area (Å²) in [6.45, 7) is 3.55. The molecule has 0 saturated carbocycles. The van der Waals surface area contributed by atoms with Gasteiger partial charge in [-0.2, -0.15) is 5.10 Å². The zero-order valence-electron chi connectivity index (χ0n) is 8.95. The molecule has 0 radical (unpaired) electrons. The molecule has 0 aliphatic carbocycles. The molecule has 3 rings (SSSR count). The number of nitrogens with zero attached hydrogens (tertiary/aromatic N) is 2. The minimum atomic E-state index is 0.697. The van der Waals surface area contributed by atoms with Crippen LogP contribution in [0.25, 0.3) is 0 Å². The Labute approximate surface area is 90.0 Å². The maximum atomic E-state index is 3.96. The second-order valence-electron chi connectivity index (χ2n) is 4.63. The molecule has 1 aromatic heterocycles. The smallest absolute Gasteiger partial charge is 0.0532 e. The highest BCUT2D eigenvalue weighted by molar-refractivity contribution is 5.03. The average molecular weight is 206 g/mol. The van der Waals surface area contributed by atoms with Crippen molar-refractivity contribution in [3.63, 3.8) is 0 Å². The maximum absolute atomic E-state index is 3.96. The van der Waals surface area contributed by atoms with Gasteiger partial charge in [0.05, 0.1) is 6.20 Å². The van der Waals surface area contributed by atoms with Crippen LogP contribution >= 0.6 is 0 Å². The Bertz CT molecular complexity index is 308.